The first-order valence-electron chi connectivity index (χ1n) is 7.52. The Kier molecular flexibility index (Phi) is 5.89. The minimum atomic E-state index is 0.496. The third-order valence-electron chi connectivity index (χ3n) is 3.98. The van der Waals surface area contributed by atoms with Gasteiger partial charge in [0.2, 0.25) is 0 Å². The van der Waals surface area contributed by atoms with E-state index in [1.807, 2.05) is 11.8 Å². The Hall–Kier alpha value is -1.25. The highest BCUT2D eigenvalue weighted by atomic mass is 32.2. The summed E-state index contributed by atoms with van der Waals surface area (Å²) in [5.41, 5.74) is 5.60. The van der Waals surface area contributed by atoms with Crippen molar-refractivity contribution in [3.05, 3.63) is 64.7 Å². The van der Waals surface area contributed by atoms with E-state index in [0.29, 0.717) is 6.04 Å². The van der Waals surface area contributed by atoms with Crippen LogP contribution >= 0.6 is 11.8 Å². The summed E-state index contributed by atoms with van der Waals surface area (Å²) >= 11 is 1.93. The van der Waals surface area contributed by atoms with Crippen molar-refractivity contribution in [2.75, 3.05) is 12.8 Å². The topological polar surface area (TPSA) is 12.0 Å². The third-order valence-corrected chi connectivity index (χ3v) is 5.15. The summed E-state index contributed by atoms with van der Waals surface area (Å²) in [5.74, 6) is 1.09. The van der Waals surface area contributed by atoms with E-state index in [0.717, 1.165) is 12.2 Å². The molecule has 0 amide bonds. The van der Waals surface area contributed by atoms with E-state index in [1.54, 1.807) is 0 Å². The zero-order valence-corrected chi connectivity index (χ0v) is 14.3. The lowest BCUT2D eigenvalue weighted by Crippen LogP contribution is -2.30. The number of hydrogen-bond acceptors (Lipinski definition) is 2. The lowest BCUT2D eigenvalue weighted by molar-refractivity contribution is 0.614. The highest BCUT2D eigenvalue weighted by molar-refractivity contribution is 7.99. The lowest BCUT2D eigenvalue weighted by Gasteiger charge is -2.19. The average molecular weight is 299 g/mol. The molecular formula is C19H25NS. The van der Waals surface area contributed by atoms with Crippen LogP contribution in [-0.4, -0.2) is 18.8 Å². The standard InChI is InChI=1S/C19H25NS/c1-14-8-10-18(11-9-14)21-13-17(20-4)12-19-15(2)6-5-7-16(19)3/h5-11,17,20H,12-13H2,1-4H3. The summed E-state index contributed by atoms with van der Waals surface area (Å²) in [7, 11) is 2.06. The van der Waals surface area contributed by atoms with Gasteiger partial charge in [-0.15, -0.1) is 11.8 Å². The second-order valence-electron chi connectivity index (χ2n) is 5.68. The maximum absolute atomic E-state index is 3.47. The van der Waals surface area contributed by atoms with E-state index in [1.165, 1.54) is 27.1 Å². The summed E-state index contributed by atoms with van der Waals surface area (Å²) in [6.07, 6.45) is 1.09. The molecule has 1 nitrogen and oxygen atoms in total. The van der Waals surface area contributed by atoms with Crippen molar-refractivity contribution >= 4 is 11.8 Å². The van der Waals surface area contributed by atoms with Gasteiger partial charge in [0.05, 0.1) is 0 Å². The number of likely N-dealkylation sites (N-methyl/N-ethyl adjacent to an activating group) is 1. The molecule has 1 unspecified atom stereocenters. The van der Waals surface area contributed by atoms with Crippen LogP contribution in [0.3, 0.4) is 0 Å². The van der Waals surface area contributed by atoms with Crippen molar-refractivity contribution in [1.29, 1.82) is 0 Å². The Morgan fingerprint density at radius 1 is 0.952 bits per heavy atom. The van der Waals surface area contributed by atoms with Crippen LogP contribution in [0.4, 0.5) is 0 Å². The fourth-order valence-electron chi connectivity index (χ4n) is 2.49. The van der Waals surface area contributed by atoms with Crippen molar-refractivity contribution in [1.82, 2.24) is 5.32 Å². The molecule has 0 spiro atoms. The van der Waals surface area contributed by atoms with Gasteiger partial charge in [-0.25, -0.2) is 0 Å². The molecule has 1 N–H and O–H groups in total. The van der Waals surface area contributed by atoms with Crippen molar-refractivity contribution < 1.29 is 0 Å². The number of hydrogen-bond donors (Lipinski definition) is 1. The molecule has 2 aromatic rings. The van der Waals surface area contributed by atoms with Crippen molar-refractivity contribution in [3.63, 3.8) is 0 Å². The zero-order chi connectivity index (χ0) is 15.2. The Bertz CT molecular complexity index is 554. The first-order valence-corrected chi connectivity index (χ1v) is 8.50. The minimum absolute atomic E-state index is 0.496. The molecule has 0 aliphatic heterocycles. The fourth-order valence-corrected chi connectivity index (χ4v) is 3.50. The molecule has 1 atom stereocenters. The van der Waals surface area contributed by atoms with Gasteiger partial charge in [0.25, 0.3) is 0 Å². The first kappa shape index (κ1) is 16.1. The van der Waals surface area contributed by atoms with Gasteiger partial charge in [-0.2, -0.15) is 0 Å². The van der Waals surface area contributed by atoms with Gasteiger partial charge in [0, 0.05) is 16.7 Å². The number of aryl methyl sites for hydroxylation is 3. The first-order chi connectivity index (χ1) is 10.1. The molecule has 0 saturated heterocycles. The molecule has 0 heterocycles. The predicted octanol–water partition coefficient (Wildman–Crippen LogP) is 4.53. The molecule has 21 heavy (non-hydrogen) atoms. The van der Waals surface area contributed by atoms with E-state index in [4.69, 9.17) is 0 Å². The van der Waals surface area contributed by atoms with Crippen LogP contribution in [0.2, 0.25) is 0 Å². The Labute approximate surface area is 133 Å². The van der Waals surface area contributed by atoms with Gasteiger partial charge in [-0.1, -0.05) is 35.9 Å². The number of benzene rings is 2. The minimum Gasteiger partial charge on any atom is -0.316 e. The van der Waals surface area contributed by atoms with Crippen molar-refractivity contribution in [3.8, 4) is 0 Å². The second-order valence-corrected chi connectivity index (χ2v) is 6.78. The SMILES string of the molecule is CNC(CSc1ccc(C)cc1)Cc1c(C)cccc1C. The van der Waals surface area contributed by atoms with Gasteiger partial charge in [-0.05, 0) is 63.1 Å². The molecule has 0 radical (unpaired) electrons. The smallest absolute Gasteiger partial charge is 0.0199 e. The van der Waals surface area contributed by atoms with Crippen LogP contribution in [0, 0.1) is 20.8 Å². The molecule has 0 aliphatic rings. The van der Waals surface area contributed by atoms with Crippen LogP contribution < -0.4 is 5.32 Å². The van der Waals surface area contributed by atoms with Crippen LogP contribution in [-0.2, 0) is 6.42 Å². The molecule has 0 fully saturated rings. The number of thioether (sulfide) groups is 1. The Morgan fingerprint density at radius 2 is 1.57 bits per heavy atom. The van der Waals surface area contributed by atoms with Gasteiger partial charge >= 0.3 is 0 Å². The Balaban J connectivity index is 1.98. The third kappa shape index (κ3) is 4.62. The molecule has 2 aromatic carbocycles. The average Bonchev–Trinajstić information content (AvgIpc) is 2.48. The normalized spacial score (nSPS) is 12.4. The summed E-state index contributed by atoms with van der Waals surface area (Å²) < 4.78 is 0. The van der Waals surface area contributed by atoms with Crippen LogP contribution in [0.5, 0.6) is 0 Å². The van der Waals surface area contributed by atoms with Crippen LogP contribution in [0.1, 0.15) is 22.3 Å². The van der Waals surface area contributed by atoms with Gasteiger partial charge in [0.1, 0.15) is 0 Å². The summed E-state index contributed by atoms with van der Waals surface area (Å²) in [6.45, 7) is 6.55. The number of nitrogens with one attached hydrogen (secondary N) is 1. The predicted molar refractivity (Wildman–Crippen MR) is 94.4 cm³/mol. The Morgan fingerprint density at radius 3 is 2.14 bits per heavy atom. The van der Waals surface area contributed by atoms with Crippen molar-refractivity contribution in [2.45, 2.75) is 38.1 Å². The molecular weight excluding hydrogens is 274 g/mol. The molecule has 0 bridgehead atoms. The molecule has 2 rings (SSSR count). The quantitative estimate of drug-likeness (QED) is 0.786. The molecule has 112 valence electrons. The van der Waals surface area contributed by atoms with Crippen LogP contribution in [0.15, 0.2) is 47.4 Å². The monoisotopic (exact) mass is 299 g/mol. The maximum atomic E-state index is 3.47. The zero-order valence-electron chi connectivity index (χ0n) is 13.4. The molecule has 0 aromatic heterocycles. The summed E-state index contributed by atoms with van der Waals surface area (Å²) in [4.78, 5) is 1.35. The van der Waals surface area contributed by atoms with E-state index >= 15 is 0 Å². The van der Waals surface area contributed by atoms with E-state index < -0.39 is 0 Å². The van der Waals surface area contributed by atoms with Gasteiger partial charge < -0.3 is 5.32 Å². The lowest BCUT2D eigenvalue weighted by atomic mass is 9.97. The fraction of sp³-hybridized carbons (Fsp3) is 0.368. The second kappa shape index (κ2) is 7.67. The maximum Gasteiger partial charge on any atom is 0.0199 e. The van der Waals surface area contributed by atoms with Crippen LogP contribution in [0.25, 0.3) is 0 Å². The summed E-state index contributed by atoms with van der Waals surface area (Å²) in [5, 5.41) is 3.47. The molecule has 0 aliphatic carbocycles. The van der Waals surface area contributed by atoms with Crippen molar-refractivity contribution in [2.24, 2.45) is 0 Å². The number of rotatable bonds is 6. The largest absolute Gasteiger partial charge is 0.316 e. The van der Waals surface area contributed by atoms with Gasteiger partial charge in [-0.3, -0.25) is 0 Å². The van der Waals surface area contributed by atoms with E-state index in [-0.39, 0.29) is 0 Å². The van der Waals surface area contributed by atoms with E-state index in [9.17, 15) is 0 Å². The van der Waals surface area contributed by atoms with E-state index in [2.05, 4.69) is 75.6 Å². The highest BCUT2D eigenvalue weighted by Crippen LogP contribution is 2.22. The highest BCUT2D eigenvalue weighted by Gasteiger charge is 2.11. The molecule has 2 heteroatoms. The summed E-state index contributed by atoms with van der Waals surface area (Å²) in [6, 6.07) is 15.9. The molecule has 0 saturated carbocycles. The van der Waals surface area contributed by atoms with Gasteiger partial charge in [0.15, 0.2) is 0 Å².